The lowest BCUT2D eigenvalue weighted by molar-refractivity contribution is -0.671. The van der Waals surface area contributed by atoms with Crippen LogP contribution in [0.5, 0.6) is 11.5 Å². The van der Waals surface area contributed by atoms with E-state index in [-0.39, 0.29) is 36.7 Å². The van der Waals surface area contributed by atoms with Crippen LogP contribution in [0.3, 0.4) is 0 Å². The monoisotopic (exact) mass is 1550 g/mol. The van der Waals surface area contributed by atoms with Gasteiger partial charge in [0.25, 0.3) is 0 Å². The summed E-state index contributed by atoms with van der Waals surface area (Å²) < 4.78 is 27.2. The number of benzene rings is 4. The van der Waals surface area contributed by atoms with E-state index in [4.69, 9.17) is 18.9 Å². The van der Waals surface area contributed by atoms with Gasteiger partial charge in [0, 0.05) is 118 Å². The molecule has 0 aliphatic carbocycles. The first-order valence-corrected chi connectivity index (χ1v) is 39.7. The van der Waals surface area contributed by atoms with Crippen molar-refractivity contribution >= 4 is 48.4 Å². The molecule has 0 amide bonds. The number of likely N-dealkylation sites (tertiary alicyclic amines) is 1. The summed E-state index contributed by atoms with van der Waals surface area (Å²) in [7, 11) is 4.95. The van der Waals surface area contributed by atoms with Gasteiger partial charge in [-0.05, 0) is 214 Å². The van der Waals surface area contributed by atoms with Crippen LogP contribution in [0.4, 0.5) is 11.4 Å². The van der Waals surface area contributed by atoms with Gasteiger partial charge in [-0.2, -0.15) is 0 Å². The van der Waals surface area contributed by atoms with E-state index in [1.807, 2.05) is 248 Å². The molecular formula is C92H141N9O9P+. The minimum atomic E-state index is -3.53. The van der Waals surface area contributed by atoms with E-state index in [1.54, 1.807) is 103 Å². The number of anilines is 2. The maximum Gasteiger partial charge on any atom is 0.452 e. The van der Waals surface area contributed by atoms with Gasteiger partial charge in [-0.25, -0.2) is 9.13 Å². The molecule has 8 aromatic rings. The van der Waals surface area contributed by atoms with Crippen molar-refractivity contribution in [2.45, 2.75) is 180 Å². The van der Waals surface area contributed by atoms with Crippen LogP contribution in [-0.2, 0) is 35.6 Å². The molecule has 3 N–H and O–H groups in total. The maximum absolute atomic E-state index is 13.5. The molecule has 111 heavy (non-hydrogen) atoms. The summed E-state index contributed by atoms with van der Waals surface area (Å²) in [5.41, 5.74) is 3.17. The van der Waals surface area contributed by atoms with Gasteiger partial charge in [0.05, 0.1) is 6.10 Å². The molecular weight excluding hydrogens is 1410 g/mol. The molecule has 3 aliphatic heterocycles. The number of carbonyl (C=O) groups excluding carboxylic acids is 5. The minimum absolute atomic E-state index is 0. The predicted octanol–water partition coefficient (Wildman–Crippen LogP) is 21.0. The molecule has 2 atom stereocenters. The average Bonchev–Trinajstić information content (AvgIpc) is 0.819. The molecule has 0 radical (unpaired) electrons. The highest BCUT2D eigenvalue weighted by atomic mass is 31.2. The highest BCUT2D eigenvalue weighted by molar-refractivity contribution is 7.55. The summed E-state index contributed by atoms with van der Waals surface area (Å²) in [5, 5.41) is 14.8. The van der Waals surface area contributed by atoms with Crippen LogP contribution in [0.15, 0.2) is 280 Å². The van der Waals surface area contributed by atoms with Gasteiger partial charge < -0.3 is 63.5 Å². The van der Waals surface area contributed by atoms with Crippen LogP contribution in [0, 0.1) is 0 Å². The molecule has 7 heterocycles. The van der Waals surface area contributed by atoms with Crippen molar-refractivity contribution in [2.24, 2.45) is 7.05 Å². The van der Waals surface area contributed by atoms with Gasteiger partial charge >= 0.3 is 7.60 Å². The first-order chi connectivity index (χ1) is 52.8. The maximum atomic E-state index is 13.5. The van der Waals surface area contributed by atoms with Gasteiger partial charge in [-0.1, -0.05) is 176 Å². The third-order valence-electron chi connectivity index (χ3n) is 14.4. The summed E-state index contributed by atoms with van der Waals surface area (Å²) in [4.78, 5) is 66.4. The highest BCUT2D eigenvalue weighted by Crippen LogP contribution is 2.52. The number of ketones is 4. The molecule has 3 aliphatic rings. The van der Waals surface area contributed by atoms with E-state index in [0.717, 1.165) is 37.2 Å². The number of likely N-dealkylation sites (N-methyl/N-ethyl adjacent to an activating group) is 2. The molecule has 0 saturated carbocycles. The van der Waals surface area contributed by atoms with E-state index in [1.165, 1.54) is 70.9 Å². The highest BCUT2D eigenvalue weighted by Gasteiger charge is 2.36. The van der Waals surface area contributed by atoms with E-state index < -0.39 is 13.4 Å². The smallest absolute Gasteiger partial charge is 0.415 e. The molecule has 4 aromatic heterocycles. The normalized spacial score (nSPS) is 12.4. The number of rotatable bonds is 14. The van der Waals surface area contributed by atoms with Crippen molar-refractivity contribution in [3.05, 3.63) is 280 Å². The number of para-hydroxylation sites is 4. The van der Waals surface area contributed by atoms with Crippen molar-refractivity contribution in [1.29, 1.82) is 0 Å². The quantitative estimate of drug-likeness (QED) is 0.0399. The second-order valence-corrected chi connectivity index (χ2v) is 27.0. The molecule has 4 aromatic carbocycles. The topological polar surface area (TPSA) is 217 Å². The summed E-state index contributed by atoms with van der Waals surface area (Å²) >= 11 is 0. The van der Waals surface area contributed by atoms with Crippen LogP contribution in [0.1, 0.15) is 169 Å². The number of hydrogen-bond acceptors (Lipinski definition) is 17. The molecule has 2 unspecified atom stereocenters. The Morgan fingerprint density at radius 3 is 0.964 bits per heavy atom. The van der Waals surface area contributed by atoms with Crippen LogP contribution in [-0.4, -0.2) is 136 Å². The minimum Gasteiger partial charge on any atom is -0.415 e. The van der Waals surface area contributed by atoms with Crippen LogP contribution in [0.25, 0.3) is 0 Å². The molecule has 19 heteroatoms. The number of hydrogen-bond donors (Lipinski definition) is 3. The Morgan fingerprint density at radius 2 is 0.766 bits per heavy atom. The van der Waals surface area contributed by atoms with Crippen LogP contribution in [0.2, 0.25) is 0 Å². The Balaban J connectivity index is -0.000000379. The summed E-state index contributed by atoms with van der Waals surface area (Å²) in [6.07, 6.45) is 36.3. The van der Waals surface area contributed by atoms with Gasteiger partial charge in [-0.15, -0.1) is 0 Å². The van der Waals surface area contributed by atoms with E-state index >= 15 is 0 Å². The first kappa shape index (κ1) is 110. The van der Waals surface area contributed by atoms with Crippen molar-refractivity contribution in [3.8, 4) is 11.5 Å². The number of carbonyl (C=O) groups is 5. The molecule has 1 saturated heterocycles. The van der Waals surface area contributed by atoms with Crippen molar-refractivity contribution in [1.82, 2.24) is 29.7 Å². The number of pyridine rings is 4. The predicted molar refractivity (Wildman–Crippen MR) is 469 cm³/mol. The second kappa shape index (κ2) is 81.3. The molecule has 612 valence electrons. The Kier molecular flexibility index (Phi) is 80.5. The summed E-state index contributed by atoms with van der Waals surface area (Å²) in [5.74, 6) is 1.48. The third kappa shape index (κ3) is 82.7. The number of nitrogens with one attached hydrogen (secondary N) is 2. The van der Waals surface area contributed by atoms with Crippen molar-refractivity contribution in [3.63, 3.8) is 0 Å². The largest absolute Gasteiger partial charge is 0.452 e. The van der Waals surface area contributed by atoms with Crippen LogP contribution >= 0.6 is 7.60 Å². The summed E-state index contributed by atoms with van der Waals surface area (Å²) in [6, 6.07) is 61.0. The van der Waals surface area contributed by atoms with Crippen molar-refractivity contribution in [2.75, 3.05) is 71.0 Å². The molecule has 0 bridgehead atoms. The number of nitrogens with zero attached hydrogens (tertiary/aromatic N) is 7. The number of Topliss-reactive ketones (excluding diaryl/α,β-unsaturated/α-hetero) is 4. The number of aliphatic hydroxyl groups is 1. The Bertz CT molecular complexity index is 3180. The lowest BCUT2D eigenvalue weighted by atomic mass is 10.1. The average molecular weight is 1550 g/mol. The Hall–Kier alpha value is -9.68. The Labute approximate surface area is 671 Å². The molecule has 11 rings (SSSR count). The van der Waals surface area contributed by atoms with Gasteiger partial charge in [0.15, 0.2) is 12.4 Å². The number of piperidine rings is 1. The number of allylic oxidation sites excluding steroid dienone is 2. The fourth-order valence-electron chi connectivity index (χ4n) is 7.10. The SMILES string of the molecule is C.C/C=C(/C)Nc1ccccc1.CC(Nc1ccccc1)P(=O)(Oc1ccccc1)Oc1ccccc1.CC=O.CCC(C)=O.CCC(C)=O.CCC(C)=O.CCC(C)=O.CCC(C)O.CN1CC=CCC1.CN1CC=CCC1.CN1CCCCC1.C[n+]1ccccc1.c1ccncc1.c1ccncc1.c1ccncc1. The van der Waals surface area contributed by atoms with E-state index in [2.05, 4.69) is 85.7 Å². The number of aromatic nitrogens is 4. The fourth-order valence-corrected chi connectivity index (χ4v) is 8.59. The number of aliphatic hydroxyl groups excluding tert-OH is 1. The first-order valence-electron chi connectivity index (χ1n) is 38.0. The zero-order chi connectivity index (χ0) is 83.0. The van der Waals surface area contributed by atoms with Gasteiger partial charge in [-0.3, -0.25) is 15.0 Å². The van der Waals surface area contributed by atoms with Gasteiger partial charge in [0.2, 0.25) is 0 Å². The summed E-state index contributed by atoms with van der Waals surface area (Å²) in [6.45, 7) is 32.1. The number of aldehydes is 1. The zero-order valence-corrected chi connectivity index (χ0v) is 70.7. The standard InChI is InChI=1S/C20H20NO3P.C10H13N.C6H13N.2C6H11N.C6H8N.3C5H5N.C4H10O.4C4H8O.C2H4O.CH4/c1-17(21-18-11-5-2-6-12-18)25(22,23-19-13-7-3-8-14-19)24-20-15-9-4-10-16-20;1-3-9(2)11-10-7-5-4-6-8-10;4*1-7-5-3-2-4-6-7;3*1-2-4-6-5-3-1;5*1-3-4(2)5;1-2-3;/h2-17,21H,1H3;3-8,11H,1-2H3;2-6H2,1H3;2*2-3H,4-6H2,1H3;2-6H,1H3;3*1-5H;4-5H,3H2,1-2H3;4*3H2,1-2H3;2H,1H3;1H4/q;;;;;+1;;;;;;;;;;/b;9-3-;;;;;;;;;;;;;;. The Morgan fingerprint density at radius 1 is 0.477 bits per heavy atom. The van der Waals surface area contributed by atoms with Crippen molar-refractivity contribution < 1.29 is 47.3 Å². The fraction of sp³-hybridized carbons (Fsp3) is 0.402. The lowest BCUT2D eigenvalue weighted by Gasteiger charge is -2.26. The van der Waals surface area contributed by atoms with Crippen LogP contribution < -0.4 is 24.2 Å². The van der Waals surface area contributed by atoms with E-state index in [0.29, 0.717) is 37.2 Å². The number of aryl methyl sites for hydroxylation is 1. The second-order valence-electron chi connectivity index (χ2n) is 24.7. The third-order valence-corrected chi connectivity index (χ3v) is 16.4. The zero-order valence-electron chi connectivity index (χ0n) is 69.8. The lowest BCUT2D eigenvalue weighted by Crippen LogP contribution is -2.25. The van der Waals surface area contributed by atoms with Gasteiger partial charge in [0.1, 0.15) is 53.7 Å². The molecule has 18 nitrogen and oxygen atoms in total. The molecule has 0 spiro atoms. The molecule has 1 fully saturated rings. The van der Waals surface area contributed by atoms with E-state index in [9.17, 15) is 23.7 Å².